The number of allylic oxidation sites excluding steroid dienone is 2. The number of nitrogens with one attached hydrogen (secondary N) is 1. The van der Waals surface area contributed by atoms with Crippen molar-refractivity contribution in [1.29, 1.82) is 0 Å². The number of aliphatic hydroxyl groups excluding tert-OH is 1. The van der Waals surface area contributed by atoms with Crippen LogP contribution in [0.15, 0.2) is 79.9 Å². The number of carbonyl (C=O) groups excluding carboxylic acids is 4. The molecule has 0 bridgehead atoms. The van der Waals surface area contributed by atoms with Gasteiger partial charge in [-0.3, -0.25) is 14.4 Å². The molecule has 2 amide bonds. The summed E-state index contributed by atoms with van der Waals surface area (Å²) in [6.45, 7) is 7.11. The molecule has 2 N–H and O–H groups in total. The molecular formula is C34H42N2O7. The van der Waals surface area contributed by atoms with Gasteiger partial charge in [0.25, 0.3) is 0 Å². The molecule has 9 heteroatoms. The van der Waals surface area contributed by atoms with Gasteiger partial charge in [-0.05, 0) is 48.8 Å². The van der Waals surface area contributed by atoms with Crippen LogP contribution in [0.3, 0.4) is 0 Å². The van der Waals surface area contributed by atoms with E-state index in [4.69, 9.17) is 9.47 Å². The average Bonchev–Trinajstić information content (AvgIpc) is 3.03. The lowest BCUT2D eigenvalue weighted by molar-refractivity contribution is -0.155. The van der Waals surface area contributed by atoms with Crippen molar-refractivity contribution in [3.63, 3.8) is 0 Å². The first-order chi connectivity index (χ1) is 20.9. The Morgan fingerprint density at radius 2 is 1.70 bits per heavy atom. The van der Waals surface area contributed by atoms with Crippen molar-refractivity contribution in [1.82, 2.24) is 10.2 Å². The standard InChI is InChI=1S/C34H42N2O7/c1-3-5-6-10-18-32(39)42-24-30(34(41)43-23-25-14-8-7-9-15-25)35-33(40)27(13-4-2)20-31(38)36-21-28-17-12-11-16-26(28)19-29(36)22-37/h3-4,7-9,11-12,14-17,27,29-30,37H,1-2,5-6,10,13,18-24H2,(H,35,40)/t27-,29+,30-/m1/s1. The molecule has 0 aromatic heterocycles. The molecule has 0 saturated carbocycles. The number of benzene rings is 2. The Morgan fingerprint density at radius 1 is 0.977 bits per heavy atom. The summed E-state index contributed by atoms with van der Waals surface area (Å²) in [6.07, 6.45) is 6.22. The van der Waals surface area contributed by atoms with E-state index in [1.807, 2.05) is 42.5 Å². The molecular weight excluding hydrogens is 548 g/mol. The fourth-order valence-electron chi connectivity index (χ4n) is 4.95. The molecule has 0 unspecified atom stereocenters. The minimum Gasteiger partial charge on any atom is -0.463 e. The summed E-state index contributed by atoms with van der Waals surface area (Å²) in [5, 5.41) is 12.6. The molecule has 2 aromatic carbocycles. The van der Waals surface area contributed by atoms with Crippen LogP contribution in [0.4, 0.5) is 0 Å². The van der Waals surface area contributed by atoms with Crippen LogP contribution in [0.25, 0.3) is 0 Å². The van der Waals surface area contributed by atoms with E-state index in [0.717, 1.165) is 29.5 Å². The number of rotatable bonds is 17. The highest BCUT2D eigenvalue weighted by molar-refractivity contribution is 5.89. The predicted molar refractivity (Wildman–Crippen MR) is 162 cm³/mol. The molecule has 1 aliphatic heterocycles. The third-order valence-electron chi connectivity index (χ3n) is 7.40. The second-order valence-electron chi connectivity index (χ2n) is 10.6. The smallest absolute Gasteiger partial charge is 0.332 e. The Balaban J connectivity index is 1.67. The van der Waals surface area contributed by atoms with E-state index in [1.165, 1.54) is 0 Å². The van der Waals surface area contributed by atoms with Crippen LogP contribution in [0.1, 0.15) is 55.2 Å². The fraction of sp³-hybridized carbons (Fsp3) is 0.412. The van der Waals surface area contributed by atoms with Gasteiger partial charge in [-0.2, -0.15) is 0 Å². The second kappa shape index (κ2) is 17.7. The number of hydrogen-bond acceptors (Lipinski definition) is 7. The first kappa shape index (κ1) is 33.3. The third-order valence-corrected chi connectivity index (χ3v) is 7.40. The Kier molecular flexibility index (Phi) is 13.7. The molecule has 0 spiro atoms. The van der Waals surface area contributed by atoms with Gasteiger partial charge < -0.3 is 24.8 Å². The van der Waals surface area contributed by atoms with Crippen molar-refractivity contribution < 1.29 is 33.8 Å². The van der Waals surface area contributed by atoms with Crippen LogP contribution >= 0.6 is 0 Å². The number of hydrogen-bond donors (Lipinski definition) is 2. The summed E-state index contributed by atoms with van der Waals surface area (Å²) < 4.78 is 10.8. The second-order valence-corrected chi connectivity index (χ2v) is 10.6. The van der Waals surface area contributed by atoms with E-state index in [9.17, 15) is 24.3 Å². The molecule has 9 nitrogen and oxygen atoms in total. The van der Waals surface area contributed by atoms with E-state index in [1.54, 1.807) is 29.2 Å². The molecule has 1 aliphatic rings. The lowest BCUT2D eigenvalue weighted by atomic mass is 9.92. The van der Waals surface area contributed by atoms with E-state index in [0.29, 0.717) is 19.4 Å². The summed E-state index contributed by atoms with van der Waals surface area (Å²) in [7, 11) is 0. The number of aliphatic hydroxyl groups is 1. The van der Waals surface area contributed by atoms with Crippen molar-refractivity contribution in [2.75, 3.05) is 13.2 Å². The molecule has 230 valence electrons. The van der Waals surface area contributed by atoms with E-state index in [-0.39, 0.29) is 38.4 Å². The van der Waals surface area contributed by atoms with Crippen molar-refractivity contribution in [2.24, 2.45) is 5.92 Å². The maximum absolute atomic E-state index is 13.4. The summed E-state index contributed by atoms with van der Waals surface area (Å²) in [6, 6.07) is 15.2. The lowest BCUT2D eigenvalue weighted by Gasteiger charge is -2.36. The molecule has 3 rings (SSSR count). The van der Waals surface area contributed by atoms with Crippen LogP contribution in [0.2, 0.25) is 0 Å². The van der Waals surface area contributed by atoms with Crippen molar-refractivity contribution in [3.8, 4) is 0 Å². The summed E-state index contributed by atoms with van der Waals surface area (Å²) in [5.41, 5.74) is 2.84. The van der Waals surface area contributed by atoms with E-state index in [2.05, 4.69) is 18.5 Å². The molecule has 3 atom stereocenters. The molecule has 43 heavy (non-hydrogen) atoms. The van der Waals surface area contributed by atoms with Gasteiger partial charge in [-0.15, -0.1) is 13.2 Å². The Labute approximate surface area is 253 Å². The molecule has 0 aliphatic carbocycles. The first-order valence-electron chi connectivity index (χ1n) is 14.7. The monoisotopic (exact) mass is 590 g/mol. The number of carbonyl (C=O) groups is 4. The number of ether oxygens (including phenoxy) is 2. The number of unbranched alkanes of at least 4 members (excludes halogenated alkanes) is 2. The fourth-order valence-corrected chi connectivity index (χ4v) is 4.95. The highest BCUT2D eigenvalue weighted by Crippen LogP contribution is 2.25. The molecule has 0 fully saturated rings. The highest BCUT2D eigenvalue weighted by Gasteiger charge is 2.33. The quantitative estimate of drug-likeness (QED) is 0.162. The summed E-state index contributed by atoms with van der Waals surface area (Å²) in [4.78, 5) is 53.8. The van der Waals surface area contributed by atoms with E-state index < -0.39 is 42.5 Å². The Hall–Kier alpha value is -4.24. The molecule has 1 heterocycles. The topological polar surface area (TPSA) is 122 Å². The number of amides is 2. The van der Waals surface area contributed by atoms with Gasteiger partial charge in [0.1, 0.15) is 13.2 Å². The number of esters is 2. The largest absolute Gasteiger partial charge is 0.463 e. The van der Waals surface area contributed by atoms with Crippen LogP contribution in [0, 0.1) is 5.92 Å². The van der Waals surface area contributed by atoms with Gasteiger partial charge in [0.2, 0.25) is 11.8 Å². The van der Waals surface area contributed by atoms with Crippen LogP contribution < -0.4 is 5.32 Å². The first-order valence-corrected chi connectivity index (χ1v) is 14.7. The van der Waals surface area contributed by atoms with Gasteiger partial charge in [-0.25, -0.2) is 4.79 Å². The minimum absolute atomic E-state index is 0.0188. The van der Waals surface area contributed by atoms with Crippen molar-refractivity contribution in [2.45, 2.75) is 70.2 Å². The van der Waals surface area contributed by atoms with Crippen LogP contribution in [-0.4, -0.2) is 59.1 Å². The van der Waals surface area contributed by atoms with Crippen molar-refractivity contribution in [3.05, 3.63) is 96.6 Å². The number of nitrogens with zero attached hydrogens (tertiary/aromatic N) is 1. The zero-order chi connectivity index (χ0) is 31.0. The SMILES string of the molecule is C=CCCCCC(=O)OC[C@@H](NC(=O)[C@H](CC=C)CC(=O)N1Cc2ccccc2C[C@H]1CO)C(=O)OCc1ccccc1. The Morgan fingerprint density at radius 3 is 2.40 bits per heavy atom. The molecule has 0 saturated heterocycles. The van der Waals surface area contributed by atoms with Gasteiger partial charge in [0, 0.05) is 19.4 Å². The van der Waals surface area contributed by atoms with Gasteiger partial charge in [-0.1, -0.05) is 66.7 Å². The summed E-state index contributed by atoms with van der Waals surface area (Å²) in [5.74, 6) is -2.93. The van der Waals surface area contributed by atoms with E-state index >= 15 is 0 Å². The van der Waals surface area contributed by atoms with Gasteiger partial charge >= 0.3 is 11.9 Å². The normalized spacial score (nSPS) is 15.4. The highest BCUT2D eigenvalue weighted by atomic mass is 16.6. The zero-order valence-corrected chi connectivity index (χ0v) is 24.6. The average molecular weight is 591 g/mol. The Bertz CT molecular complexity index is 1250. The zero-order valence-electron chi connectivity index (χ0n) is 24.6. The van der Waals surface area contributed by atoms with Crippen LogP contribution in [-0.2, 0) is 48.2 Å². The number of fused-ring (bicyclic) bond motifs is 1. The minimum atomic E-state index is -1.26. The summed E-state index contributed by atoms with van der Waals surface area (Å²) >= 11 is 0. The van der Waals surface area contributed by atoms with Gasteiger partial charge in [0.05, 0.1) is 18.6 Å². The maximum atomic E-state index is 13.4. The van der Waals surface area contributed by atoms with Gasteiger partial charge in [0.15, 0.2) is 6.04 Å². The van der Waals surface area contributed by atoms with Crippen molar-refractivity contribution >= 4 is 23.8 Å². The third kappa shape index (κ3) is 10.5. The predicted octanol–water partition coefficient (Wildman–Crippen LogP) is 4.03. The molecule has 2 aromatic rings. The van der Waals surface area contributed by atoms with Crippen LogP contribution in [0.5, 0.6) is 0 Å². The molecule has 0 radical (unpaired) electrons. The maximum Gasteiger partial charge on any atom is 0.332 e. The lowest BCUT2D eigenvalue weighted by Crippen LogP contribution is -2.50.